The average Bonchev–Trinajstić information content (AvgIpc) is 2.40. The van der Waals surface area contributed by atoms with Crippen LogP contribution < -0.4 is 5.32 Å². The predicted molar refractivity (Wildman–Crippen MR) is 81.3 cm³/mol. The van der Waals surface area contributed by atoms with E-state index < -0.39 is 22.8 Å². The van der Waals surface area contributed by atoms with Crippen molar-refractivity contribution in [1.29, 1.82) is 0 Å². The lowest BCUT2D eigenvalue weighted by Gasteiger charge is -2.35. The first kappa shape index (κ1) is 16.0. The highest BCUT2D eigenvalue weighted by Gasteiger charge is 2.37. The van der Waals surface area contributed by atoms with Crippen molar-refractivity contribution in [2.75, 3.05) is 5.75 Å². The molecule has 0 aromatic heterocycles. The molecule has 4 nitrogen and oxygen atoms in total. The van der Waals surface area contributed by atoms with Crippen LogP contribution in [0.25, 0.3) is 0 Å². The van der Waals surface area contributed by atoms with Gasteiger partial charge in [0.05, 0.1) is 5.25 Å². The summed E-state index contributed by atoms with van der Waals surface area (Å²) in [4.78, 5) is 11.2. The molecule has 0 radical (unpaired) electrons. The zero-order valence-corrected chi connectivity index (χ0v) is 13.0. The molecule has 0 aromatic rings. The van der Waals surface area contributed by atoms with Crippen molar-refractivity contribution in [2.45, 2.75) is 81.5 Å². The van der Waals surface area contributed by atoms with Crippen LogP contribution in [0.4, 0.5) is 0 Å². The van der Waals surface area contributed by atoms with Crippen molar-refractivity contribution >= 4 is 16.8 Å². The first-order valence-corrected chi connectivity index (χ1v) is 9.42. The molecule has 4 unspecified atom stereocenters. The molecule has 1 aliphatic carbocycles. The summed E-state index contributed by atoms with van der Waals surface area (Å²) in [6.07, 6.45) is 11.9. The molecule has 2 fully saturated rings. The number of carboxylic acids is 1. The molecular formula is C15H27NO3S. The number of hydrogen-bond donors (Lipinski definition) is 2. The summed E-state index contributed by atoms with van der Waals surface area (Å²) in [7, 11) is -0.993. The summed E-state index contributed by atoms with van der Waals surface area (Å²) < 4.78 is 12.4. The first-order chi connectivity index (χ1) is 9.68. The zero-order valence-electron chi connectivity index (χ0n) is 12.2. The molecule has 4 atom stereocenters. The molecule has 2 N–H and O–H groups in total. The van der Waals surface area contributed by atoms with Gasteiger partial charge in [0, 0.05) is 22.6 Å². The number of hydrogen-bond acceptors (Lipinski definition) is 3. The van der Waals surface area contributed by atoms with Gasteiger partial charge < -0.3 is 5.11 Å². The van der Waals surface area contributed by atoms with Crippen LogP contribution in [0.5, 0.6) is 0 Å². The van der Waals surface area contributed by atoms with Gasteiger partial charge in [-0.1, -0.05) is 51.4 Å². The average molecular weight is 301 g/mol. The van der Waals surface area contributed by atoms with E-state index in [2.05, 4.69) is 5.32 Å². The number of carbonyl (C=O) groups is 1. The highest BCUT2D eigenvalue weighted by Crippen LogP contribution is 2.24. The Labute approximate surface area is 124 Å². The smallest absolute Gasteiger partial charge is 0.321 e. The second-order valence-corrected chi connectivity index (χ2v) is 7.86. The molecule has 1 heterocycles. The molecule has 2 rings (SSSR count). The highest BCUT2D eigenvalue weighted by molar-refractivity contribution is 7.85. The topological polar surface area (TPSA) is 66.4 Å². The van der Waals surface area contributed by atoms with Gasteiger partial charge in [0.25, 0.3) is 0 Å². The maximum atomic E-state index is 12.4. The molecule has 2 aliphatic rings. The van der Waals surface area contributed by atoms with Crippen LogP contribution in [-0.4, -0.2) is 38.4 Å². The second-order valence-electron chi connectivity index (χ2n) is 6.16. The van der Waals surface area contributed by atoms with Gasteiger partial charge in [0.2, 0.25) is 0 Å². The number of rotatable bonds is 1. The largest absolute Gasteiger partial charge is 0.480 e. The molecule has 116 valence electrons. The van der Waals surface area contributed by atoms with Crippen LogP contribution in [0.2, 0.25) is 0 Å². The van der Waals surface area contributed by atoms with Gasteiger partial charge in [0.1, 0.15) is 6.04 Å². The minimum atomic E-state index is -0.993. The van der Waals surface area contributed by atoms with Gasteiger partial charge >= 0.3 is 5.97 Å². The summed E-state index contributed by atoms with van der Waals surface area (Å²) in [5.74, 6) is -0.584. The Bertz CT molecular complexity index is 348. The van der Waals surface area contributed by atoms with E-state index in [4.69, 9.17) is 5.11 Å². The lowest BCUT2D eigenvalue weighted by atomic mass is 9.96. The van der Waals surface area contributed by atoms with Gasteiger partial charge in [0.15, 0.2) is 0 Å². The third kappa shape index (κ3) is 4.55. The Hall–Kier alpha value is -0.420. The molecule has 1 aliphatic heterocycles. The minimum Gasteiger partial charge on any atom is -0.480 e. The van der Waals surface area contributed by atoms with Crippen molar-refractivity contribution in [3.05, 3.63) is 0 Å². The molecule has 20 heavy (non-hydrogen) atoms. The van der Waals surface area contributed by atoms with Crippen LogP contribution in [0, 0.1) is 0 Å². The lowest BCUT2D eigenvalue weighted by Crippen LogP contribution is -2.58. The van der Waals surface area contributed by atoms with Crippen LogP contribution in [0.15, 0.2) is 0 Å². The number of carboxylic acid groups (broad SMARTS) is 1. The molecule has 1 saturated carbocycles. The SMILES string of the molecule is O=C(O)C1CS(=O)C2CCCCCCCCCCC2N1. The number of fused-ring (bicyclic) bond motifs is 1. The van der Waals surface area contributed by atoms with E-state index in [0.29, 0.717) is 0 Å². The Kier molecular flexibility index (Phi) is 6.49. The molecule has 0 bridgehead atoms. The van der Waals surface area contributed by atoms with E-state index >= 15 is 0 Å². The first-order valence-electron chi connectivity index (χ1n) is 8.04. The normalized spacial score (nSPS) is 37.2. The van der Waals surface area contributed by atoms with E-state index in [1.54, 1.807) is 0 Å². The van der Waals surface area contributed by atoms with Crippen molar-refractivity contribution in [1.82, 2.24) is 5.32 Å². The maximum absolute atomic E-state index is 12.4. The summed E-state index contributed by atoms with van der Waals surface area (Å²) in [5.41, 5.74) is 0. The van der Waals surface area contributed by atoms with Gasteiger partial charge in [-0.2, -0.15) is 0 Å². The zero-order chi connectivity index (χ0) is 14.4. The fourth-order valence-electron chi connectivity index (χ4n) is 3.40. The highest BCUT2D eigenvalue weighted by atomic mass is 32.2. The van der Waals surface area contributed by atoms with Gasteiger partial charge in [-0.25, -0.2) is 0 Å². The Morgan fingerprint density at radius 2 is 1.50 bits per heavy atom. The summed E-state index contributed by atoms with van der Waals surface area (Å²) in [6, 6.07) is -0.491. The van der Waals surface area contributed by atoms with Crippen LogP contribution in [0.1, 0.15) is 64.2 Å². The molecular weight excluding hydrogens is 274 g/mol. The molecule has 5 heteroatoms. The standard InChI is InChI=1S/C15H27NO3S/c17-15(18)13-11-20(19)14-10-8-6-4-2-1-3-5-7-9-12(14)16-13/h12-14,16H,1-11H2,(H,17,18). The van der Waals surface area contributed by atoms with E-state index in [9.17, 15) is 9.00 Å². The monoisotopic (exact) mass is 301 g/mol. The summed E-state index contributed by atoms with van der Waals surface area (Å²) >= 11 is 0. The van der Waals surface area contributed by atoms with Crippen molar-refractivity contribution in [3.63, 3.8) is 0 Å². The van der Waals surface area contributed by atoms with Crippen LogP contribution >= 0.6 is 0 Å². The molecule has 0 spiro atoms. The quantitative estimate of drug-likeness (QED) is 0.780. The fourth-order valence-corrected chi connectivity index (χ4v) is 5.22. The van der Waals surface area contributed by atoms with E-state index in [-0.39, 0.29) is 17.0 Å². The minimum absolute atomic E-state index is 0.130. The summed E-state index contributed by atoms with van der Waals surface area (Å²) in [6.45, 7) is 0. The van der Waals surface area contributed by atoms with E-state index in [1.165, 1.54) is 38.5 Å². The second kappa shape index (κ2) is 8.13. The Balaban J connectivity index is 1.98. The third-order valence-electron chi connectivity index (χ3n) is 4.58. The molecule has 0 aromatic carbocycles. The van der Waals surface area contributed by atoms with Gasteiger partial charge in [-0.3, -0.25) is 14.3 Å². The lowest BCUT2D eigenvalue weighted by molar-refractivity contribution is -0.139. The van der Waals surface area contributed by atoms with Crippen molar-refractivity contribution in [2.24, 2.45) is 0 Å². The van der Waals surface area contributed by atoms with Gasteiger partial charge in [-0.15, -0.1) is 0 Å². The number of aliphatic carboxylic acids is 1. The van der Waals surface area contributed by atoms with E-state index in [1.807, 2.05) is 0 Å². The van der Waals surface area contributed by atoms with Crippen LogP contribution in [-0.2, 0) is 15.6 Å². The predicted octanol–water partition coefficient (Wildman–Crippen LogP) is 2.44. The Morgan fingerprint density at radius 1 is 0.950 bits per heavy atom. The molecule has 0 amide bonds. The van der Waals surface area contributed by atoms with Gasteiger partial charge in [-0.05, 0) is 12.8 Å². The van der Waals surface area contributed by atoms with Crippen molar-refractivity contribution < 1.29 is 14.1 Å². The fraction of sp³-hybridized carbons (Fsp3) is 0.933. The summed E-state index contributed by atoms with van der Waals surface area (Å²) in [5, 5.41) is 12.6. The molecule has 1 saturated heterocycles. The third-order valence-corrected chi connectivity index (χ3v) is 6.49. The van der Waals surface area contributed by atoms with E-state index in [0.717, 1.165) is 25.7 Å². The number of nitrogens with one attached hydrogen (secondary N) is 1. The van der Waals surface area contributed by atoms with Crippen LogP contribution in [0.3, 0.4) is 0 Å². The Morgan fingerprint density at radius 3 is 2.10 bits per heavy atom. The maximum Gasteiger partial charge on any atom is 0.321 e. The van der Waals surface area contributed by atoms with Crippen molar-refractivity contribution in [3.8, 4) is 0 Å².